The molecular formula is C22H18ClF2N3O3S2. The molecule has 1 fully saturated rings. The van der Waals surface area contributed by atoms with Gasteiger partial charge in [0.05, 0.1) is 11.1 Å². The fraction of sp³-hybridized carbons (Fsp3) is 0.227. The molecule has 1 unspecified atom stereocenters. The molecule has 33 heavy (non-hydrogen) atoms. The number of thiazole rings is 1. The van der Waals surface area contributed by atoms with E-state index in [1.54, 1.807) is 29.3 Å². The van der Waals surface area contributed by atoms with Crippen LogP contribution in [0.1, 0.15) is 18.4 Å². The lowest BCUT2D eigenvalue weighted by Crippen LogP contribution is -2.53. The first kappa shape index (κ1) is 22.3. The molecule has 2 aliphatic heterocycles. The average molecular weight is 510 g/mol. The molecule has 1 atom stereocenters. The van der Waals surface area contributed by atoms with Crippen molar-refractivity contribution in [3.05, 3.63) is 82.5 Å². The van der Waals surface area contributed by atoms with Gasteiger partial charge in [-0.2, -0.15) is 4.31 Å². The topological polar surface area (TPSA) is 62.7 Å². The Labute approximate surface area is 198 Å². The summed E-state index contributed by atoms with van der Waals surface area (Å²) in [7, 11) is -3.59. The van der Waals surface area contributed by atoms with Crippen LogP contribution in [0.3, 0.4) is 0 Å². The molecule has 1 saturated heterocycles. The molecule has 11 heteroatoms. The molecule has 6 nitrogen and oxygen atoms in total. The second-order valence-electron chi connectivity index (χ2n) is 7.64. The smallest absolute Gasteiger partial charge is 0.243 e. The molecule has 0 aliphatic carbocycles. The van der Waals surface area contributed by atoms with E-state index >= 15 is 0 Å². The zero-order chi connectivity index (χ0) is 23.2. The summed E-state index contributed by atoms with van der Waals surface area (Å²) < 4.78 is 61.7. The van der Waals surface area contributed by atoms with Gasteiger partial charge in [-0.05, 0) is 37.1 Å². The third-order valence-corrected chi connectivity index (χ3v) is 8.64. The lowest BCUT2D eigenvalue weighted by molar-refractivity contribution is 0.101. The molecule has 172 valence electrons. The summed E-state index contributed by atoms with van der Waals surface area (Å²) in [5, 5.41) is 0.499. The minimum atomic E-state index is -3.59. The zero-order valence-electron chi connectivity index (χ0n) is 17.1. The number of benzene rings is 2. The summed E-state index contributed by atoms with van der Waals surface area (Å²) in [6, 6.07) is 9.30. The monoisotopic (exact) mass is 509 g/mol. The Morgan fingerprint density at radius 2 is 1.82 bits per heavy atom. The van der Waals surface area contributed by atoms with Crippen molar-refractivity contribution >= 4 is 38.1 Å². The normalized spacial score (nSPS) is 20.8. The first-order valence-electron chi connectivity index (χ1n) is 10.1. The van der Waals surface area contributed by atoms with Crippen LogP contribution < -0.4 is 9.64 Å². The molecule has 3 heterocycles. The minimum Gasteiger partial charge on any atom is -0.456 e. The maximum absolute atomic E-state index is 14.5. The van der Waals surface area contributed by atoms with E-state index in [1.165, 1.54) is 40.0 Å². The van der Waals surface area contributed by atoms with Crippen molar-refractivity contribution < 1.29 is 21.9 Å². The zero-order valence-corrected chi connectivity index (χ0v) is 19.5. The van der Waals surface area contributed by atoms with Crippen LogP contribution in [-0.4, -0.2) is 30.8 Å². The second-order valence-corrected chi connectivity index (χ2v) is 11.2. The van der Waals surface area contributed by atoms with Crippen LogP contribution in [0, 0.1) is 11.6 Å². The first-order chi connectivity index (χ1) is 15.8. The van der Waals surface area contributed by atoms with E-state index in [0.717, 1.165) is 25.0 Å². The number of rotatable bonds is 6. The van der Waals surface area contributed by atoms with Gasteiger partial charge in [0.1, 0.15) is 10.2 Å². The van der Waals surface area contributed by atoms with Gasteiger partial charge in [0.2, 0.25) is 15.7 Å². The van der Waals surface area contributed by atoms with Gasteiger partial charge in [0.15, 0.2) is 16.7 Å². The number of hydrogen-bond donors (Lipinski definition) is 0. The summed E-state index contributed by atoms with van der Waals surface area (Å²) in [6.45, 7) is 1.00. The first-order valence-corrected chi connectivity index (χ1v) is 12.8. The SMILES string of the molecule is O=S(=O)(c1ccc(C2(Oc3ccc(F)cc3F)C=CN2c2ncc(Cl)s2)cc1)N1CCCC1. The largest absolute Gasteiger partial charge is 0.456 e. The predicted molar refractivity (Wildman–Crippen MR) is 122 cm³/mol. The number of ether oxygens (including phenoxy) is 1. The average Bonchev–Trinajstić information content (AvgIpc) is 3.45. The quantitative estimate of drug-likeness (QED) is 0.461. The third kappa shape index (κ3) is 3.90. The molecule has 0 saturated carbocycles. The maximum Gasteiger partial charge on any atom is 0.243 e. The molecule has 5 rings (SSSR count). The molecule has 2 aromatic carbocycles. The van der Waals surface area contributed by atoms with Crippen molar-refractivity contribution in [1.82, 2.24) is 9.29 Å². The van der Waals surface area contributed by atoms with E-state index in [2.05, 4.69) is 4.98 Å². The van der Waals surface area contributed by atoms with Crippen molar-refractivity contribution in [3.8, 4) is 5.75 Å². The van der Waals surface area contributed by atoms with Crippen LogP contribution in [0.5, 0.6) is 5.75 Å². The maximum atomic E-state index is 14.5. The molecule has 0 spiro atoms. The lowest BCUT2D eigenvalue weighted by atomic mass is 9.96. The summed E-state index contributed by atoms with van der Waals surface area (Å²) in [5.74, 6) is -1.75. The summed E-state index contributed by atoms with van der Waals surface area (Å²) in [4.78, 5) is 6.10. The number of sulfonamides is 1. The summed E-state index contributed by atoms with van der Waals surface area (Å²) in [5.41, 5.74) is -0.782. The second kappa shape index (κ2) is 8.35. The van der Waals surface area contributed by atoms with Crippen molar-refractivity contribution in [2.45, 2.75) is 23.5 Å². The van der Waals surface area contributed by atoms with E-state index < -0.39 is 27.4 Å². The van der Waals surface area contributed by atoms with Gasteiger partial charge in [-0.15, -0.1) is 0 Å². The van der Waals surface area contributed by atoms with Gasteiger partial charge in [-0.3, -0.25) is 4.90 Å². The fourth-order valence-electron chi connectivity index (χ4n) is 3.89. The van der Waals surface area contributed by atoms with Crippen LogP contribution in [0.15, 0.2) is 65.8 Å². The Morgan fingerprint density at radius 1 is 1.09 bits per heavy atom. The Kier molecular flexibility index (Phi) is 5.64. The van der Waals surface area contributed by atoms with Crippen molar-refractivity contribution in [2.24, 2.45) is 0 Å². The summed E-state index contributed by atoms with van der Waals surface area (Å²) in [6.07, 6.45) is 6.56. The van der Waals surface area contributed by atoms with E-state index in [4.69, 9.17) is 16.3 Å². The highest BCUT2D eigenvalue weighted by Crippen LogP contribution is 2.45. The number of nitrogens with zero attached hydrogens (tertiary/aromatic N) is 3. The molecule has 0 amide bonds. The molecular weight excluding hydrogens is 492 g/mol. The van der Waals surface area contributed by atoms with Gasteiger partial charge in [-0.25, -0.2) is 22.2 Å². The molecule has 3 aromatic rings. The molecule has 2 aliphatic rings. The van der Waals surface area contributed by atoms with E-state index in [-0.39, 0.29) is 10.6 Å². The van der Waals surface area contributed by atoms with Crippen LogP contribution >= 0.6 is 22.9 Å². The molecule has 0 bridgehead atoms. The Bertz CT molecular complexity index is 1320. The van der Waals surface area contributed by atoms with E-state index in [9.17, 15) is 17.2 Å². The Morgan fingerprint density at radius 3 is 2.39 bits per heavy atom. The number of anilines is 1. The van der Waals surface area contributed by atoms with Crippen LogP contribution in [0.25, 0.3) is 0 Å². The third-order valence-electron chi connectivity index (χ3n) is 5.61. The van der Waals surface area contributed by atoms with Gasteiger partial charge in [0, 0.05) is 37.0 Å². The van der Waals surface area contributed by atoms with Gasteiger partial charge in [-0.1, -0.05) is 35.1 Å². The lowest BCUT2D eigenvalue weighted by Gasteiger charge is -2.46. The Balaban J connectivity index is 1.54. The predicted octanol–water partition coefficient (Wildman–Crippen LogP) is 5.12. The number of halogens is 3. The van der Waals surface area contributed by atoms with Gasteiger partial charge >= 0.3 is 0 Å². The molecule has 0 N–H and O–H groups in total. The van der Waals surface area contributed by atoms with Crippen LogP contribution in [0.2, 0.25) is 4.34 Å². The van der Waals surface area contributed by atoms with Crippen molar-refractivity contribution in [1.29, 1.82) is 0 Å². The minimum absolute atomic E-state index is 0.165. The number of hydrogen-bond acceptors (Lipinski definition) is 6. The van der Waals surface area contributed by atoms with Crippen LogP contribution in [-0.2, 0) is 15.7 Å². The fourth-order valence-corrected chi connectivity index (χ4v) is 6.35. The Hall–Kier alpha value is -2.53. The standard InChI is InChI=1S/C22H18ClF2N3O3S2/c23-20-14-26-21(32-20)28-12-9-22(28,31-19-8-5-16(24)13-18(19)25)15-3-6-17(7-4-15)33(29,30)27-10-1-2-11-27/h3-9,12-14H,1-2,10-11H2. The van der Waals surface area contributed by atoms with Gasteiger partial charge < -0.3 is 4.74 Å². The molecule has 1 aromatic heterocycles. The highest BCUT2D eigenvalue weighted by molar-refractivity contribution is 7.89. The number of aromatic nitrogens is 1. The molecule has 0 radical (unpaired) electrons. The van der Waals surface area contributed by atoms with Crippen LogP contribution in [0.4, 0.5) is 13.9 Å². The highest BCUT2D eigenvalue weighted by atomic mass is 35.5. The van der Waals surface area contributed by atoms with E-state index in [1.807, 2.05) is 0 Å². The highest BCUT2D eigenvalue weighted by Gasteiger charge is 2.46. The van der Waals surface area contributed by atoms with E-state index in [0.29, 0.717) is 28.1 Å². The van der Waals surface area contributed by atoms with Crippen molar-refractivity contribution in [2.75, 3.05) is 18.0 Å². The summed E-state index contributed by atoms with van der Waals surface area (Å²) >= 11 is 7.25. The van der Waals surface area contributed by atoms with Gasteiger partial charge in [0.25, 0.3) is 0 Å². The van der Waals surface area contributed by atoms with Crippen molar-refractivity contribution in [3.63, 3.8) is 0 Å².